The lowest BCUT2D eigenvalue weighted by molar-refractivity contribution is -0.153. The summed E-state index contributed by atoms with van der Waals surface area (Å²) in [6, 6.07) is 8.50. The van der Waals surface area contributed by atoms with Gasteiger partial charge in [-0.2, -0.15) is 13.2 Å². The summed E-state index contributed by atoms with van der Waals surface area (Å²) < 4.78 is 47.9. The summed E-state index contributed by atoms with van der Waals surface area (Å²) in [6.45, 7) is 5.74. The van der Waals surface area contributed by atoms with Crippen molar-refractivity contribution in [2.24, 2.45) is 5.73 Å². The number of alkyl halides is 3. The van der Waals surface area contributed by atoms with Crippen LogP contribution in [-0.4, -0.2) is 66.4 Å². The molecule has 0 aromatic heterocycles. The number of nitrogens with two attached hydrogens (primary N) is 1. The van der Waals surface area contributed by atoms with Gasteiger partial charge in [0, 0.05) is 24.8 Å². The molecule has 0 bridgehead atoms. The van der Waals surface area contributed by atoms with E-state index in [1.807, 2.05) is 20.8 Å². The van der Waals surface area contributed by atoms with E-state index >= 15 is 0 Å². The van der Waals surface area contributed by atoms with Gasteiger partial charge in [0.05, 0.1) is 22.8 Å². The van der Waals surface area contributed by atoms with E-state index in [2.05, 4.69) is 5.32 Å². The van der Waals surface area contributed by atoms with Gasteiger partial charge >= 0.3 is 12.2 Å². The maximum absolute atomic E-state index is 13.7. The maximum Gasteiger partial charge on any atom is 0.422 e. The Morgan fingerprint density at radius 3 is 2.42 bits per heavy atom. The van der Waals surface area contributed by atoms with Crippen LogP contribution in [0.15, 0.2) is 42.5 Å². The van der Waals surface area contributed by atoms with Gasteiger partial charge in [-0.3, -0.25) is 9.59 Å². The van der Waals surface area contributed by atoms with Crippen molar-refractivity contribution in [2.75, 3.05) is 24.7 Å². The van der Waals surface area contributed by atoms with Crippen molar-refractivity contribution in [1.82, 2.24) is 10.2 Å². The molecular weight excluding hydrogens is 553 g/mol. The van der Waals surface area contributed by atoms with E-state index in [1.165, 1.54) is 21.9 Å². The monoisotopic (exact) mass is 584 g/mol. The quantitative estimate of drug-likeness (QED) is 0.497. The predicted molar refractivity (Wildman–Crippen MR) is 143 cm³/mol. The number of halogens is 4. The largest absolute Gasteiger partial charge is 0.484 e. The van der Waals surface area contributed by atoms with Crippen LogP contribution in [-0.2, 0) is 16.1 Å². The minimum atomic E-state index is -4.53. The van der Waals surface area contributed by atoms with E-state index < -0.39 is 48.3 Å². The van der Waals surface area contributed by atoms with Crippen molar-refractivity contribution in [3.05, 3.63) is 58.6 Å². The number of ether oxygens (including phenoxy) is 2. The molecule has 0 saturated heterocycles. The molecule has 3 rings (SSSR count). The lowest BCUT2D eigenvalue weighted by atomic mass is 10.1. The molecule has 0 aliphatic carbocycles. The summed E-state index contributed by atoms with van der Waals surface area (Å²) in [5.41, 5.74) is 6.17. The van der Waals surface area contributed by atoms with Gasteiger partial charge in [-0.15, -0.1) is 0 Å². The van der Waals surface area contributed by atoms with Crippen LogP contribution in [0.2, 0.25) is 5.02 Å². The maximum atomic E-state index is 13.7. The summed E-state index contributed by atoms with van der Waals surface area (Å²) >= 11 is 6.29. The fourth-order valence-electron chi connectivity index (χ4n) is 4.00. The average molecular weight is 585 g/mol. The molecule has 2 aromatic rings. The number of nitrogens with one attached hydrogen (secondary N) is 1. The standard InChI is InChI=1S/C27H32ClF3N4O5/c1-16-12-35(24(37)19-10-9-18(11-20(19)28)39-15-27(29,30)31)22-8-6-5-7-17(22)13-34(16)25(38)33-21(23(32)36)14-40-26(2,3)4/h5-11,16,21H,12-15H2,1-4H3,(H2,32,36)(H,33,38)/t16-,21+/m0/s1. The number of para-hydroxylation sites is 1. The van der Waals surface area contributed by atoms with Gasteiger partial charge in [-0.25, -0.2) is 4.79 Å². The third kappa shape index (κ3) is 8.25. The Hall–Kier alpha value is -3.51. The topological polar surface area (TPSA) is 114 Å². The Labute approximate surface area is 235 Å². The summed E-state index contributed by atoms with van der Waals surface area (Å²) in [5, 5.41) is 2.54. The number of carbonyl (C=O) groups excluding carboxylic acids is 3. The zero-order valence-corrected chi connectivity index (χ0v) is 23.3. The van der Waals surface area contributed by atoms with E-state index in [0.29, 0.717) is 11.3 Å². The van der Waals surface area contributed by atoms with Crippen LogP contribution in [0.25, 0.3) is 0 Å². The van der Waals surface area contributed by atoms with Gasteiger partial charge in [0.25, 0.3) is 5.91 Å². The fraction of sp³-hybridized carbons (Fsp3) is 0.444. The van der Waals surface area contributed by atoms with Crippen LogP contribution >= 0.6 is 11.6 Å². The number of hydrogen-bond acceptors (Lipinski definition) is 5. The highest BCUT2D eigenvalue weighted by molar-refractivity contribution is 6.34. The molecular formula is C27H32ClF3N4O5. The Morgan fingerprint density at radius 1 is 1.15 bits per heavy atom. The number of rotatable bonds is 7. The molecule has 4 amide bonds. The third-order valence-electron chi connectivity index (χ3n) is 6.01. The first-order valence-electron chi connectivity index (χ1n) is 12.4. The minimum absolute atomic E-state index is 0.0500. The zero-order chi connectivity index (χ0) is 29.8. The van der Waals surface area contributed by atoms with Crippen LogP contribution in [0.1, 0.15) is 43.6 Å². The van der Waals surface area contributed by atoms with Gasteiger partial charge in [-0.05, 0) is 57.5 Å². The molecule has 0 fully saturated rings. The number of anilines is 1. The van der Waals surface area contributed by atoms with E-state index in [-0.39, 0.29) is 36.0 Å². The van der Waals surface area contributed by atoms with Crippen molar-refractivity contribution in [1.29, 1.82) is 0 Å². The van der Waals surface area contributed by atoms with E-state index in [4.69, 9.17) is 26.8 Å². The highest BCUT2D eigenvalue weighted by Gasteiger charge is 2.34. The molecule has 9 nitrogen and oxygen atoms in total. The smallest absolute Gasteiger partial charge is 0.422 e. The van der Waals surface area contributed by atoms with Crippen LogP contribution in [0.3, 0.4) is 0 Å². The molecule has 2 atom stereocenters. The number of urea groups is 1. The molecule has 1 aliphatic rings. The predicted octanol–water partition coefficient (Wildman–Crippen LogP) is 4.51. The number of nitrogens with zero attached hydrogens (tertiary/aromatic N) is 2. The number of fused-ring (bicyclic) bond motifs is 1. The van der Waals surface area contributed by atoms with Crippen molar-refractivity contribution >= 4 is 35.1 Å². The first kappa shape index (κ1) is 31.0. The van der Waals surface area contributed by atoms with E-state index in [0.717, 1.165) is 6.07 Å². The molecule has 0 radical (unpaired) electrons. The third-order valence-corrected chi connectivity index (χ3v) is 6.32. The highest BCUT2D eigenvalue weighted by atomic mass is 35.5. The van der Waals surface area contributed by atoms with Crippen molar-refractivity contribution in [3.8, 4) is 5.75 Å². The molecule has 13 heteroatoms. The highest BCUT2D eigenvalue weighted by Crippen LogP contribution is 2.31. The second-order valence-electron chi connectivity index (χ2n) is 10.4. The van der Waals surface area contributed by atoms with Gasteiger partial charge in [0.2, 0.25) is 5.91 Å². The number of hydrogen-bond donors (Lipinski definition) is 2. The number of carbonyl (C=O) groups is 3. The molecule has 0 unspecified atom stereocenters. The normalized spacial score (nSPS) is 16.6. The SMILES string of the molecule is C[C@H]1CN(C(=O)c2ccc(OCC(F)(F)F)cc2Cl)c2ccccc2CN1C(=O)N[C@H](COC(C)(C)C)C(N)=O. The van der Waals surface area contributed by atoms with Crippen LogP contribution in [0, 0.1) is 0 Å². The van der Waals surface area contributed by atoms with Gasteiger partial charge in [-0.1, -0.05) is 29.8 Å². The van der Waals surface area contributed by atoms with E-state index in [1.54, 1.807) is 31.2 Å². The average Bonchev–Trinajstić information content (AvgIpc) is 3.00. The van der Waals surface area contributed by atoms with Gasteiger partial charge < -0.3 is 30.3 Å². The van der Waals surface area contributed by atoms with Gasteiger partial charge in [0.15, 0.2) is 6.61 Å². The van der Waals surface area contributed by atoms with Crippen molar-refractivity contribution in [3.63, 3.8) is 0 Å². The lowest BCUT2D eigenvalue weighted by Gasteiger charge is -2.31. The summed E-state index contributed by atoms with van der Waals surface area (Å²) in [6.07, 6.45) is -4.53. The number of amides is 4. The van der Waals surface area contributed by atoms with Crippen LogP contribution in [0.4, 0.5) is 23.7 Å². The summed E-state index contributed by atoms with van der Waals surface area (Å²) in [7, 11) is 0. The first-order chi connectivity index (χ1) is 18.6. The minimum Gasteiger partial charge on any atom is -0.484 e. The zero-order valence-electron chi connectivity index (χ0n) is 22.5. The number of benzene rings is 2. The van der Waals surface area contributed by atoms with Crippen LogP contribution < -0.4 is 20.7 Å². The van der Waals surface area contributed by atoms with Crippen LogP contribution in [0.5, 0.6) is 5.75 Å². The molecule has 1 aliphatic heterocycles. The Bertz CT molecular complexity index is 1250. The lowest BCUT2D eigenvalue weighted by Crippen LogP contribution is -2.55. The van der Waals surface area contributed by atoms with E-state index in [9.17, 15) is 27.6 Å². The Kier molecular flexibility index (Phi) is 9.57. The Balaban J connectivity index is 1.84. The molecule has 40 heavy (non-hydrogen) atoms. The fourth-order valence-corrected chi connectivity index (χ4v) is 4.25. The molecule has 1 heterocycles. The molecule has 2 aromatic carbocycles. The number of primary amides is 1. The second-order valence-corrected chi connectivity index (χ2v) is 10.8. The van der Waals surface area contributed by atoms with Crippen molar-refractivity contribution in [2.45, 2.75) is 58.1 Å². The van der Waals surface area contributed by atoms with Crippen molar-refractivity contribution < 1.29 is 37.0 Å². The molecule has 3 N–H and O–H groups in total. The second kappa shape index (κ2) is 12.3. The molecule has 218 valence electrons. The molecule has 0 spiro atoms. The molecule has 0 saturated carbocycles. The first-order valence-corrected chi connectivity index (χ1v) is 12.8. The summed E-state index contributed by atoms with van der Waals surface area (Å²) in [4.78, 5) is 41.9. The summed E-state index contributed by atoms with van der Waals surface area (Å²) in [5.74, 6) is -1.40. The Morgan fingerprint density at radius 2 is 1.82 bits per heavy atom. The van der Waals surface area contributed by atoms with Gasteiger partial charge in [0.1, 0.15) is 11.8 Å².